The molecule has 0 unspecified atom stereocenters. The third-order valence-electron chi connectivity index (χ3n) is 5.49. The summed E-state index contributed by atoms with van der Waals surface area (Å²) in [4.78, 5) is 26.3. The van der Waals surface area contributed by atoms with Crippen LogP contribution in [0, 0.1) is 5.92 Å². The number of carbonyl (C=O) groups is 1. The van der Waals surface area contributed by atoms with Crippen molar-refractivity contribution in [3.05, 3.63) is 54.7 Å². The first-order valence-electron chi connectivity index (χ1n) is 9.84. The number of fused-ring (bicyclic) bond motifs is 3. The van der Waals surface area contributed by atoms with E-state index in [-0.39, 0.29) is 17.9 Å². The lowest BCUT2D eigenvalue weighted by molar-refractivity contribution is 0.0611. The summed E-state index contributed by atoms with van der Waals surface area (Å²) in [7, 11) is 0. The first kappa shape index (κ1) is 18.5. The van der Waals surface area contributed by atoms with E-state index in [2.05, 4.69) is 25.1 Å². The second kappa shape index (κ2) is 7.71. The Morgan fingerprint density at radius 1 is 1.10 bits per heavy atom. The SMILES string of the molecule is Nc1ccnc(N2C[C@@H]3COC[C@H](C2)N(C(=O)c2cccc(-n4cnnc4)c2)C3)n1. The quantitative estimate of drug-likeness (QED) is 0.673. The Morgan fingerprint density at radius 3 is 2.80 bits per heavy atom. The van der Waals surface area contributed by atoms with Crippen LogP contribution in [0.5, 0.6) is 0 Å². The number of aromatic nitrogens is 5. The maximum absolute atomic E-state index is 13.5. The predicted molar refractivity (Wildman–Crippen MR) is 109 cm³/mol. The smallest absolute Gasteiger partial charge is 0.254 e. The maximum atomic E-state index is 13.5. The molecule has 30 heavy (non-hydrogen) atoms. The zero-order valence-electron chi connectivity index (χ0n) is 16.3. The number of ether oxygens (including phenoxy) is 1. The molecule has 1 aromatic carbocycles. The fraction of sp³-hybridized carbons (Fsp3) is 0.350. The minimum absolute atomic E-state index is 0.0132. The number of nitrogens with zero attached hydrogens (tertiary/aromatic N) is 7. The number of carbonyl (C=O) groups excluding carboxylic acids is 1. The topological polar surface area (TPSA) is 115 Å². The van der Waals surface area contributed by atoms with Gasteiger partial charge in [-0.05, 0) is 24.3 Å². The highest BCUT2D eigenvalue weighted by Gasteiger charge is 2.37. The predicted octanol–water partition coefficient (Wildman–Crippen LogP) is 0.617. The van der Waals surface area contributed by atoms with Crippen LogP contribution in [-0.2, 0) is 4.74 Å². The van der Waals surface area contributed by atoms with Gasteiger partial charge < -0.3 is 20.3 Å². The van der Waals surface area contributed by atoms with E-state index in [1.165, 1.54) is 0 Å². The number of hydrogen-bond donors (Lipinski definition) is 1. The Balaban J connectivity index is 1.42. The Kier molecular flexibility index (Phi) is 4.75. The van der Waals surface area contributed by atoms with Crippen LogP contribution >= 0.6 is 0 Å². The highest BCUT2D eigenvalue weighted by atomic mass is 16.5. The molecule has 2 N–H and O–H groups in total. The molecular formula is C20H22N8O2. The van der Waals surface area contributed by atoms with E-state index >= 15 is 0 Å². The van der Waals surface area contributed by atoms with Crippen LogP contribution in [0.1, 0.15) is 10.4 Å². The van der Waals surface area contributed by atoms with Gasteiger partial charge in [-0.1, -0.05) is 6.07 Å². The number of amides is 1. The molecule has 10 nitrogen and oxygen atoms in total. The number of nitrogen functional groups attached to an aromatic ring is 1. The lowest BCUT2D eigenvalue weighted by atomic mass is 10.1. The highest BCUT2D eigenvalue weighted by Crippen LogP contribution is 2.25. The van der Waals surface area contributed by atoms with Gasteiger partial charge in [-0.15, -0.1) is 10.2 Å². The van der Waals surface area contributed by atoms with Gasteiger partial charge in [-0.2, -0.15) is 4.98 Å². The summed E-state index contributed by atoms with van der Waals surface area (Å²) >= 11 is 0. The maximum Gasteiger partial charge on any atom is 0.254 e. The van der Waals surface area contributed by atoms with Crippen molar-refractivity contribution in [3.63, 3.8) is 0 Å². The number of anilines is 2. The van der Waals surface area contributed by atoms with Gasteiger partial charge in [-0.25, -0.2) is 4.98 Å². The van der Waals surface area contributed by atoms with Crippen molar-refractivity contribution in [1.82, 2.24) is 29.6 Å². The van der Waals surface area contributed by atoms with Gasteiger partial charge >= 0.3 is 0 Å². The average Bonchev–Trinajstić information content (AvgIpc) is 3.13. The van der Waals surface area contributed by atoms with Crippen LogP contribution < -0.4 is 10.6 Å². The molecular weight excluding hydrogens is 384 g/mol. The van der Waals surface area contributed by atoms with Crippen molar-refractivity contribution in [2.24, 2.45) is 5.92 Å². The zero-order valence-corrected chi connectivity index (χ0v) is 16.3. The third kappa shape index (κ3) is 3.57. The second-order valence-electron chi connectivity index (χ2n) is 7.62. The molecule has 2 aromatic heterocycles. The average molecular weight is 406 g/mol. The summed E-state index contributed by atoms with van der Waals surface area (Å²) in [5.74, 6) is 1.17. The molecule has 0 radical (unpaired) electrons. The molecule has 2 fully saturated rings. The Hall–Kier alpha value is -3.53. The summed E-state index contributed by atoms with van der Waals surface area (Å²) in [5.41, 5.74) is 7.32. The van der Waals surface area contributed by atoms with E-state index in [9.17, 15) is 4.79 Å². The van der Waals surface area contributed by atoms with Crippen molar-refractivity contribution >= 4 is 17.7 Å². The van der Waals surface area contributed by atoms with E-state index < -0.39 is 0 Å². The molecule has 154 valence electrons. The van der Waals surface area contributed by atoms with Crippen LogP contribution in [0.4, 0.5) is 11.8 Å². The van der Waals surface area contributed by atoms with E-state index in [1.54, 1.807) is 29.5 Å². The van der Waals surface area contributed by atoms with Crippen LogP contribution in [0.2, 0.25) is 0 Å². The van der Waals surface area contributed by atoms with Crippen molar-refractivity contribution in [1.29, 1.82) is 0 Å². The largest absolute Gasteiger partial charge is 0.384 e. The molecule has 0 saturated carbocycles. The number of benzene rings is 1. The first-order valence-corrected chi connectivity index (χ1v) is 9.84. The summed E-state index contributed by atoms with van der Waals surface area (Å²) < 4.78 is 7.64. The van der Waals surface area contributed by atoms with Gasteiger partial charge in [0.25, 0.3) is 5.91 Å². The molecule has 2 atom stereocenters. The molecule has 10 heteroatoms. The molecule has 3 aromatic rings. The van der Waals surface area contributed by atoms with E-state index in [1.807, 2.05) is 29.2 Å². The lowest BCUT2D eigenvalue weighted by Gasteiger charge is -2.31. The number of nitrogens with two attached hydrogens (primary N) is 1. The van der Waals surface area contributed by atoms with Gasteiger partial charge in [0.05, 0.1) is 19.3 Å². The molecule has 0 aliphatic carbocycles. The minimum atomic E-state index is -0.103. The Morgan fingerprint density at radius 2 is 1.97 bits per heavy atom. The molecule has 2 bridgehead atoms. The van der Waals surface area contributed by atoms with Gasteiger partial charge in [0, 0.05) is 43.0 Å². The molecule has 2 aliphatic heterocycles. The number of rotatable bonds is 3. The molecule has 4 heterocycles. The van der Waals surface area contributed by atoms with E-state index in [0.717, 1.165) is 5.69 Å². The van der Waals surface area contributed by atoms with Crippen LogP contribution in [-0.4, -0.2) is 74.4 Å². The summed E-state index contributed by atoms with van der Waals surface area (Å²) in [6.45, 7) is 3.01. The van der Waals surface area contributed by atoms with Crippen molar-refractivity contribution in [3.8, 4) is 5.69 Å². The highest BCUT2D eigenvalue weighted by molar-refractivity contribution is 5.95. The van der Waals surface area contributed by atoms with Crippen molar-refractivity contribution < 1.29 is 9.53 Å². The Bertz CT molecular complexity index is 1040. The molecule has 2 saturated heterocycles. The molecule has 1 amide bonds. The zero-order chi connectivity index (χ0) is 20.5. The van der Waals surface area contributed by atoms with Gasteiger partial charge in [0.2, 0.25) is 5.95 Å². The first-order chi connectivity index (χ1) is 14.7. The van der Waals surface area contributed by atoms with Crippen LogP contribution in [0.25, 0.3) is 5.69 Å². The Labute approximate surface area is 173 Å². The summed E-state index contributed by atoms with van der Waals surface area (Å²) in [6, 6.07) is 9.06. The molecule has 5 rings (SSSR count). The molecule has 0 spiro atoms. The second-order valence-corrected chi connectivity index (χ2v) is 7.62. The standard InChI is InChI=1S/C20H22N8O2/c21-18-4-5-22-20(25-18)26-7-14-8-28(17(9-26)11-30-10-14)19(29)15-2-1-3-16(6-15)27-12-23-24-13-27/h1-6,12-14,17H,7-11H2,(H2,21,22,25)/t14-,17-/m0/s1. The van der Waals surface area contributed by atoms with E-state index in [4.69, 9.17) is 10.5 Å². The fourth-order valence-corrected chi connectivity index (χ4v) is 4.07. The van der Waals surface area contributed by atoms with Crippen molar-refractivity contribution in [2.75, 3.05) is 43.5 Å². The minimum Gasteiger partial charge on any atom is -0.384 e. The molecule has 2 aliphatic rings. The van der Waals surface area contributed by atoms with Gasteiger partial charge in [-0.3, -0.25) is 9.36 Å². The third-order valence-corrected chi connectivity index (χ3v) is 5.49. The van der Waals surface area contributed by atoms with Crippen LogP contribution in [0.15, 0.2) is 49.2 Å². The van der Waals surface area contributed by atoms with Crippen molar-refractivity contribution in [2.45, 2.75) is 6.04 Å². The van der Waals surface area contributed by atoms with Gasteiger partial charge in [0.15, 0.2) is 0 Å². The summed E-state index contributed by atoms with van der Waals surface area (Å²) in [5, 5.41) is 7.67. The van der Waals surface area contributed by atoms with Gasteiger partial charge in [0.1, 0.15) is 18.5 Å². The monoisotopic (exact) mass is 406 g/mol. The van der Waals surface area contributed by atoms with Crippen LogP contribution in [0.3, 0.4) is 0 Å². The summed E-state index contributed by atoms with van der Waals surface area (Å²) in [6.07, 6.45) is 4.88. The van der Waals surface area contributed by atoms with E-state index in [0.29, 0.717) is 50.2 Å². The normalized spacial score (nSPS) is 21.3. The lowest BCUT2D eigenvalue weighted by Crippen LogP contribution is -2.47. The fourth-order valence-electron chi connectivity index (χ4n) is 4.07. The number of hydrogen-bond acceptors (Lipinski definition) is 8.